The second-order valence-electron chi connectivity index (χ2n) is 7.23. The zero-order chi connectivity index (χ0) is 20.9. The molecule has 2 heterocycles. The number of halogens is 1. The Kier molecular flexibility index (Phi) is 5.97. The number of benzene rings is 2. The highest BCUT2D eigenvalue weighted by Crippen LogP contribution is 2.23. The van der Waals surface area contributed by atoms with Crippen LogP contribution in [0.5, 0.6) is 5.75 Å². The van der Waals surface area contributed by atoms with Crippen molar-refractivity contribution in [3.8, 4) is 11.4 Å². The van der Waals surface area contributed by atoms with E-state index in [1.165, 1.54) is 12.1 Å². The van der Waals surface area contributed by atoms with Crippen LogP contribution in [0.4, 0.5) is 10.1 Å². The Labute approximate surface area is 175 Å². The summed E-state index contributed by atoms with van der Waals surface area (Å²) < 4.78 is 20.6. The van der Waals surface area contributed by atoms with Gasteiger partial charge in [0.2, 0.25) is 0 Å². The van der Waals surface area contributed by atoms with Crippen molar-refractivity contribution in [1.29, 1.82) is 0 Å². The first-order valence-corrected chi connectivity index (χ1v) is 10.2. The first-order chi connectivity index (χ1) is 14.7. The molecule has 1 amide bonds. The third-order valence-corrected chi connectivity index (χ3v) is 5.12. The number of anilines is 1. The summed E-state index contributed by atoms with van der Waals surface area (Å²) in [5.74, 6) is -0.00714. The molecule has 3 aromatic rings. The molecule has 2 aromatic carbocycles. The molecule has 7 heteroatoms. The molecule has 6 nitrogen and oxygen atoms in total. The van der Waals surface area contributed by atoms with Gasteiger partial charge in [-0.15, -0.1) is 0 Å². The minimum absolute atomic E-state index is 0.144. The van der Waals surface area contributed by atoms with Crippen molar-refractivity contribution in [3.05, 3.63) is 72.3 Å². The lowest BCUT2D eigenvalue weighted by Crippen LogP contribution is -2.49. The quantitative estimate of drug-likeness (QED) is 0.623. The molecule has 0 spiro atoms. The maximum atomic E-state index is 13.3. The van der Waals surface area contributed by atoms with Crippen LogP contribution in [0.25, 0.3) is 5.69 Å². The van der Waals surface area contributed by atoms with Crippen molar-refractivity contribution in [1.82, 2.24) is 14.7 Å². The zero-order valence-electron chi connectivity index (χ0n) is 17.0. The number of piperazine rings is 1. The fourth-order valence-corrected chi connectivity index (χ4v) is 3.51. The fourth-order valence-electron chi connectivity index (χ4n) is 3.51. The van der Waals surface area contributed by atoms with Crippen LogP contribution in [0.15, 0.2) is 60.8 Å². The molecule has 30 heavy (non-hydrogen) atoms. The van der Waals surface area contributed by atoms with Crippen LogP contribution >= 0.6 is 0 Å². The lowest BCUT2D eigenvalue weighted by atomic mass is 10.2. The van der Waals surface area contributed by atoms with Gasteiger partial charge >= 0.3 is 0 Å². The average Bonchev–Trinajstić information content (AvgIpc) is 3.22. The third kappa shape index (κ3) is 4.30. The second kappa shape index (κ2) is 8.98. The van der Waals surface area contributed by atoms with Crippen molar-refractivity contribution in [2.45, 2.75) is 13.3 Å². The van der Waals surface area contributed by atoms with Crippen LogP contribution in [-0.2, 0) is 0 Å². The summed E-state index contributed by atoms with van der Waals surface area (Å²) in [6, 6.07) is 16.2. The van der Waals surface area contributed by atoms with Crippen molar-refractivity contribution in [3.63, 3.8) is 0 Å². The summed E-state index contributed by atoms with van der Waals surface area (Å²) in [7, 11) is 0. The molecule has 0 bridgehead atoms. The normalized spacial score (nSPS) is 14.1. The molecule has 1 aliphatic heterocycles. The predicted molar refractivity (Wildman–Crippen MR) is 114 cm³/mol. The van der Waals surface area contributed by atoms with Gasteiger partial charge in [0.25, 0.3) is 5.91 Å². The first-order valence-electron chi connectivity index (χ1n) is 10.2. The molecule has 1 saturated heterocycles. The first kappa shape index (κ1) is 19.9. The number of carbonyl (C=O) groups is 1. The van der Waals surface area contributed by atoms with Gasteiger partial charge in [-0.25, -0.2) is 9.07 Å². The Morgan fingerprint density at radius 3 is 2.37 bits per heavy atom. The molecule has 0 aliphatic carbocycles. The average molecular weight is 408 g/mol. The van der Waals surface area contributed by atoms with Gasteiger partial charge in [0.05, 0.1) is 18.5 Å². The number of amides is 1. The highest BCUT2D eigenvalue weighted by Gasteiger charge is 2.27. The minimum Gasteiger partial charge on any atom is -0.489 e. The van der Waals surface area contributed by atoms with Crippen LogP contribution in [-0.4, -0.2) is 53.4 Å². The molecule has 1 fully saturated rings. The van der Waals surface area contributed by atoms with E-state index in [4.69, 9.17) is 4.74 Å². The number of carbonyl (C=O) groups excluding carboxylic acids is 1. The largest absolute Gasteiger partial charge is 0.489 e. The maximum absolute atomic E-state index is 13.3. The maximum Gasteiger partial charge on any atom is 0.278 e. The van der Waals surface area contributed by atoms with Gasteiger partial charge in [-0.3, -0.25) is 4.79 Å². The molecule has 156 valence electrons. The number of nitrogens with zero attached hydrogens (tertiary/aromatic N) is 4. The van der Waals surface area contributed by atoms with Crippen LogP contribution in [0, 0.1) is 5.82 Å². The van der Waals surface area contributed by atoms with Gasteiger partial charge < -0.3 is 14.5 Å². The highest BCUT2D eigenvalue weighted by molar-refractivity contribution is 5.95. The van der Waals surface area contributed by atoms with Gasteiger partial charge in [-0.1, -0.05) is 25.1 Å². The smallest absolute Gasteiger partial charge is 0.278 e. The molecule has 0 atom stereocenters. The van der Waals surface area contributed by atoms with Gasteiger partial charge in [0.15, 0.2) is 11.4 Å². The minimum atomic E-state index is -0.319. The number of hydrogen-bond acceptors (Lipinski definition) is 4. The Bertz CT molecular complexity index is 980. The second-order valence-corrected chi connectivity index (χ2v) is 7.23. The van der Waals surface area contributed by atoms with Crippen molar-refractivity contribution in [2.24, 2.45) is 0 Å². The summed E-state index contributed by atoms with van der Waals surface area (Å²) in [5.41, 5.74) is 2.13. The topological polar surface area (TPSA) is 50.6 Å². The Hall–Kier alpha value is -3.35. The van der Waals surface area contributed by atoms with Crippen LogP contribution < -0.4 is 9.64 Å². The molecule has 0 radical (unpaired) electrons. The number of aromatic nitrogens is 2. The van der Waals surface area contributed by atoms with Crippen molar-refractivity contribution in [2.75, 3.05) is 37.7 Å². The van der Waals surface area contributed by atoms with Crippen molar-refractivity contribution < 1.29 is 13.9 Å². The summed E-state index contributed by atoms with van der Waals surface area (Å²) in [6.45, 7) is 5.26. The lowest BCUT2D eigenvalue weighted by Gasteiger charge is -2.35. The fraction of sp³-hybridized carbons (Fsp3) is 0.304. The molecule has 0 N–H and O–H groups in total. The van der Waals surface area contributed by atoms with E-state index in [9.17, 15) is 9.18 Å². The van der Waals surface area contributed by atoms with Gasteiger partial charge in [0.1, 0.15) is 5.82 Å². The lowest BCUT2D eigenvalue weighted by molar-refractivity contribution is 0.0736. The Morgan fingerprint density at radius 2 is 1.70 bits per heavy atom. The Morgan fingerprint density at radius 1 is 1.00 bits per heavy atom. The summed E-state index contributed by atoms with van der Waals surface area (Å²) in [4.78, 5) is 17.3. The number of rotatable bonds is 6. The molecule has 1 aliphatic rings. The molecule has 0 saturated carbocycles. The molecule has 1 aromatic heterocycles. The number of para-hydroxylation sites is 1. The van der Waals surface area contributed by atoms with Crippen molar-refractivity contribution >= 4 is 11.6 Å². The molecule has 0 unspecified atom stereocenters. The highest BCUT2D eigenvalue weighted by atomic mass is 19.1. The van der Waals surface area contributed by atoms with E-state index in [1.807, 2.05) is 30.0 Å². The summed E-state index contributed by atoms with van der Waals surface area (Å²) >= 11 is 0. The van der Waals surface area contributed by atoms with E-state index in [0.717, 1.165) is 25.2 Å². The van der Waals surface area contributed by atoms with Crippen LogP contribution in [0.3, 0.4) is 0 Å². The standard InChI is InChI=1S/C23H25FN4O2/c1-2-16-30-21-17-28(20-10-8-18(24)9-11-20)25-22(21)23(29)27-14-12-26(13-15-27)19-6-4-3-5-7-19/h3-11,17H,2,12-16H2,1H3. The summed E-state index contributed by atoms with van der Waals surface area (Å²) in [5, 5.41) is 4.48. The van der Waals surface area contributed by atoms with Gasteiger partial charge in [-0.2, -0.15) is 5.10 Å². The van der Waals surface area contributed by atoms with E-state index in [1.54, 1.807) is 23.0 Å². The monoisotopic (exact) mass is 408 g/mol. The number of ether oxygens (including phenoxy) is 1. The SMILES string of the molecule is CCCOc1cn(-c2ccc(F)cc2)nc1C(=O)N1CCN(c2ccccc2)CC1. The van der Waals surface area contributed by atoms with E-state index in [-0.39, 0.29) is 11.7 Å². The molecular formula is C23H25FN4O2. The molecule has 4 rings (SSSR count). The summed E-state index contributed by atoms with van der Waals surface area (Å²) in [6.07, 6.45) is 2.52. The number of hydrogen-bond donors (Lipinski definition) is 0. The zero-order valence-corrected chi connectivity index (χ0v) is 17.0. The molecular weight excluding hydrogens is 383 g/mol. The predicted octanol–water partition coefficient (Wildman–Crippen LogP) is 3.76. The van der Waals surface area contributed by atoms with E-state index >= 15 is 0 Å². The van der Waals surface area contributed by atoms with Gasteiger partial charge in [0, 0.05) is 31.9 Å². The third-order valence-electron chi connectivity index (χ3n) is 5.12. The Balaban J connectivity index is 1.52. The van der Waals surface area contributed by atoms with E-state index < -0.39 is 0 Å². The van der Waals surface area contributed by atoms with Gasteiger partial charge in [-0.05, 0) is 42.8 Å². The van der Waals surface area contributed by atoms with E-state index in [0.29, 0.717) is 36.8 Å². The van der Waals surface area contributed by atoms with Crippen LogP contribution in [0.1, 0.15) is 23.8 Å². The van der Waals surface area contributed by atoms with Crippen LogP contribution in [0.2, 0.25) is 0 Å². The van der Waals surface area contributed by atoms with E-state index in [2.05, 4.69) is 22.1 Å².